The van der Waals surface area contributed by atoms with E-state index in [4.69, 9.17) is 23.4 Å². The molecule has 1 aromatic heterocycles. The minimum atomic E-state index is -1.48. The monoisotopic (exact) mass is 500 g/mol. The van der Waals surface area contributed by atoms with Crippen LogP contribution in [0.5, 0.6) is 17.2 Å². The molecule has 0 unspecified atom stereocenters. The minimum absolute atomic E-state index is 0.135. The summed E-state index contributed by atoms with van der Waals surface area (Å²) in [4.78, 5) is 13.5. The van der Waals surface area contributed by atoms with Crippen molar-refractivity contribution >= 4 is 11.0 Å². The summed E-state index contributed by atoms with van der Waals surface area (Å²) >= 11 is 0. The van der Waals surface area contributed by atoms with Gasteiger partial charge in [0.1, 0.15) is 54.2 Å². The van der Waals surface area contributed by atoms with E-state index < -0.39 is 37.1 Å². The van der Waals surface area contributed by atoms with Gasteiger partial charge in [0.25, 0.3) is 0 Å². The Morgan fingerprint density at radius 3 is 2.50 bits per heavy atom. The lowest BCUT2D eigenvalue weighted by Crippen LogP contribution is -2.59. The van der Waals surface area contributed by atoms with E-state index in [1.54, 1.807) is 37.3 Å². The van der Waals surface area contributed by atoms with Crippen molar-refractivity contribution in [2.75, 3.05) is 20.0 Å². The number of hydrogen-bond acceptors (Lipinski definition) is 10. The maximum Gasteiger partial charge on any atom is 0.231 e. The zero-order chi connectivity index (χ0) is 25.6. The second kappa shape index (κ2) is 9.72. The van der Waals surface area contributed by atoms with E-state index in [2.05, 4.69) is 0 Å². The van der Waals surface area contributed by atoms with Crippen LogP contribution in [0.4, 0.5) is 0 Å². The average molecular weight is 501 g/mol. The summed E-state index contributed by atoms with van der Waals surface area (Å²) in [5.41, 5.74) is 1.97. The van der Waals surface area contributed by atoms with Gasteiger partial charge in [0, 0.05) is 6.07 Å². The second-order valence-corrected chi connectivity index (χ2v) is 8.92. The van der Waals surface area contributed by atoms with Crippen molar-refractivity contribution in [2.45, 2.75) is 50.8 Å². The van der Waals surface area contributed by atoms with Gasteiger partial charge in [-0.2, -0.15) is 0 Å². The fraction of sp³-hybridized carbons (Fsp3) is 0.423. The first kappa shape index (κ1) is 24.5. The Kier molecular flexibility index (Phi) is 6.62. The molecule has 0 saturated carbocycles. The van der Waals surface area contributed by atoms with Crippen LogP contribution in [0.3, 0.4) is 0 Å². The van der Waals surface area contributed by atoms with Gasteiger partial charge in [-0.1, -0.05) is 13.0 Å². The number of benzene rings is 2. The molecule has 3 heterocycles. The summed E-state index contributed by atoms with van der Waals surface area (Å²) in [5, 5.41) is 40.1. The molecule has 0 spiro atoms. The SMILES string of the molecule is CCc1cc2c(=O)c(-c3ccc4c(c3)OCO4)c(C)oc2cc1OC[C@H]1O[C@@H](CO)[C@@H](O)[C@@H](O)[C@H]1O. The molecule has 1 fully saturated rings. The van der Waals surface area contributed by atoms with Gasteiger partial charge in [0.15, 0.2) is 11.5 Å². The lowest BCUT2D eigenvalue weighted by molar-refractivity contribution is -0.234. The molecule has 2 aliphatic heterocycles. The van der Waals surface area contributed by atoms with Crippen LogP contribution in [0.25, 0.3) is 22.1 Å². The first-order valence-electron chi connectivity index (χ1n) is 11.8. The third kappa shape index (κ3) is 4.21. The maximum absolute atomic E-state index is 13.5. The zero-order valence-corrected chi connectivity index (χ0v) is 19.8. The fourth-order valence-corrected chi connectivity index (χ4v) is 4.66. The normalized spacial score (nSPS) is 25.3. The van der Waals surface area contributed by atoms with Crippen LogP contribution in [0, 0.1) is 6.92 Å². The molecule has 1 saturated heterocycles. The van der Waals surface area contributed by atoms with E-state index in [9.17, 15) is 25.2 Å². The maximum atomic E-state index is 13.5. The second-order valence-electron chi connectivity index (χ2n) is 8.92. The molecular formula is C26H28O10. The van der Waals surface area contributed by atoms with Crippen LogP contribution >= 0.6 is 0 Å². The van der Waals surface area contributed by atoms with Crippen molar-refractivity contribution < 1.29 is 43.8 Å². The molecule has 10 heteroatoms. The third-order valence-electron chi connectivity index (χ3n) is 6.69. The predicted molar refractivity (Wildman–Crippen MR) is 127 cm³/mol. The standard InChI is InChI=1S/C26H28O10/c1-3-13-6-15-18(8-17(13)32-10-21-25(30)26(31)24(29)20(9-27)36-21)35-12(2)22(23(15)28)14-4-5-16-19(7-14)34-11-33-16/h4-8,20-21,24-27,29-31H,3,9-11H2,1-2H3/t20-,21+,24+,25-,26+/m0/s1. The quantitative estimate of drug-likeness (QED) is 0.390. The van der Waals surface area contributed by atoms with E-state index in [1.807, 2.05) is 6.92 Å². The van der Waals surface area contributed by atoms with Gasteiger partial charge in [0.2, 0.25) is 12.2 Å². The fourth-order valence-electron chi connectivity index (χ4n) is 4.66. The smallest absolute Gasteiger partial charge is 0.231 e. The molecule has 0 bridgehead atoms. The highest BCUT2D eigenvalue weighted by atomic mass is 16.7. The van der Waals surface area contributed by atoms with Crippen molar-refractivity contribution in [3.05, 3.63) is 51.9 Å². The van der Waals surface area contributed by atoms with E-state index in [0.717, 1.165) is 5.56 Å². The zero-order valence-electron chi connectivity index (χ0n) is 19.8. The van der Waals surface area contributed by atoms with Crippen molar-refractivity contribution in [3.8, 4) is 28.4 Å². The summed E-state index contributed by atoms with van der Waals surface area (Å²) in [7, 11) is 0. The lowest BCUT2D eigenvalue weighted by Gasteiger charge is -2.39. The summed E-state index contributed by atoms with van der Waals surface area (Å²) in [6.45, 7) is 3.08. The van der Waals surface area contributed by atoms with E-state index in [-0.39, 0.29) is 18.8 Å². The van der Waals surface area contributed by atoms with E-state index >= 15 is 0 Å². The number of fused-ring (bicyclic) bond motifs is 2. The molecule has 0 radical (unpaired) electrons. The Morgan fingerprint density at radius 2 is 1.75 bits per heavy atom. The summed E-state index contributed by atoms with van der Waals surface area (Å²) in [5.74, 6) is 2.05. The molecule has 3 aromatic rings. The lowest BCUT2D eigenvalue weighted by atomic mass is 9.95. The minimum Gasteiger partial charge on any atom is -0.490 e. The van der Waals surface area contributed by atoms with Crippen molar-refractivity contribution in [2.24, 2.45) is 0 Å². The molecule has 4 N–H and O–H groups in total. The third-order valence-corrected chi connectivity index (χ3v) is 6.69. The van der Waals surface area contributed by atoms with Crippen molar-refractivity contribution in [3.63, 3.8) is 0 Å². The number of aryl methyl sites for hydroxylation is 2. The average Bonchev–Trinajstić information content (AvgIpc) is 3.34. The summed E-state index contributed by atoms with van der Waals surface area (Å²) in [6, 6.07) is 8.65. The van der Waals surface area contributed by atoms with Crippen LogP contribution < -0.4 is 19.6 Å². The Hall–Kier alpha value is -3.15. The summed E-state index contributed by atoms with van der Waals surface area (Å²) in [6.07, 6.45) is -5.78. The Balaban J connectivity index is 1.46. The van der Waals surface area contributed by atoms with Crippen LogP contribution in [0.1, 0.15) is 18.2 Å². The number of aliphatic hydroxyl groups is 4. The molecule has 0 amide bonds. The molecule has 192 valence electrons. The summed E-state index contributed by atoms with van der Waals surface area (Å²) < 4.78 is 28.3. The van der Waals surface area contributed by atoms with Crippen LogP contribution in [0.15, 0.2) is 39.5 Å². The van der Waals surface area contributed by atoms with E-state index in [1.165, 1.54) is 0 Å². The van der Waals surface area contributed by atoms with Gasteiger partial charge in [0.05, 0.1) is 17.6 Å². The highest BCUT2D eigenvalue weighted by Crippen LogP contribution is 2.37. The molecule has 2 aromatic carbocycles. The van der Waals surface area contributed by atoms with Crippen molar-refractivity contribution in [1.29, 1.82) is 0 Å². The van der Waals surface area contributed by atoms with Crippen LogP contribution in [-0.4, -0.2) is 71.0 Å². The van der Waals surface area contributed by atoms with Gasteiger partial charge >= 0.3 is 0 Å². The topological polar surface area (TPSA) is 148 Å². The van der Waals surface area contributed by atoms with Gasteiger partial charge < -0.3 is 43.8 Å². The van der Waals surface area contributed by atoms with E-state index in [0.29, 0.717) is 51.5 Å². The number of hydrogen-bond donors (Lipinski definition) is 4. The molecule has 5 atom stereocenters. The molecule has 36 heavy (non-hydrogen) atoms. The van der Waals surface area contributed by atoms with Gasteiger partial charge in [-0.15, -0.1) is 0 Å². The largest absolute Gasteiger partial charge is 0.490 e. The first-order valence-corrected chi connectivity index (χ1v) is 11.8. The van der Waals surface area contributed by atoms with Crippen LogP contribution in [-0.2, 0) is 11.2 Å². The number of rotatable bonds is 6. The highest BCUT2D eigenvalue weighted by molar-refractivity contribution is 5.85. The van der Waals surface area contributed by atoms with Gasteiger partial charge in [-0.3, -0.25) is 4.79 Å². The molecular weight excluding hydrogens is 472 g/mol. The molecule has 0 aliphatic carbocycles. The Bertz CT molecular complexity index is 1330. The van der Waals surface area contributed by atoms with Gasteiger partial charge in [-0.25, -0.2) is 0 Å². The van der Waals surface area contributed by atoms with Crippen LogP contribution in [0.2, 0.25) is 0 Å². The number of aliphatic hydroxyl groups excluding tert-OH is 4. The Labute approximate surface area is 206 Å². The number of ether oxygens (including phenoxy) is 4. The highest BCUT2D eigenvalue weighted by Gasteiger charge is 2.43. The van der Waals surface area contributed by atoms with Crippen molar-refractivity contribution in [1.82, 2.24) is 0 Å². The molecule has 2 aliphatic rings. The first-order chi connectivity index (χ1) is 17.3. The molecule has 5 rings (SSSR count). The molecule has 10 nitrogen and oxygen atoms in total. The Morgan fingerprint density at radius 1 is 1.00 bits per heavy atom. The predicted octanol–water partition coefficient (Wildman–Crippen LogP) is 1.28. The van der Waals surface area contributed by atoms with Gasteiger partial charge in [-0.05, 0) is 42.7 Å².